The first-order valence-corrected chi connectivity index (χ1v) is 4.85. The molecule has 4 nitrogen and oxygen atoms in total. The van der Waals surface area contributed by atoms with Gasteiger partial charge < -0.3 is 14.9 Å². The number of aliphatic hydroxyl groups is 2. The van der Waals surface area contributed by atoms with Crippen molar-refractivity contribution in [2.24, 2.45) is 5.92 Å². The van der Waals surface area contributed by atoms with Gasteiger partial charge in [-0.25, -0.2) is 0 Å². The van der Waals surface area contributed by atoms with E-state index < -0.39 is 11.5 Å². The summed E-state index contributed by atoms with van der Waals surface area (Å²) in [6, 6.07) is 0. The van der Waals surface area contributed by atoms with Crippen LogP contribution in [0.25, 0.3) is 0 Å². The second-order valence-electron chi connectivity index (χ2n) is 4.25. The minimum absolute atomic E-state index is 0.0656. The van der Waals surface area contributed by atoms with E-state index in [-0.39, 0.29) is 19.2 Å². The van der Waals surface area contributed by atoms with Crippen LogP contribution in [0, 0.1) is 5.92 Å². The summed E-state index contributed by atoms with van der Waals surface area (Å²) in [4.78, 5) is 11.5. The van der Waals surface area contributed by atoms with E-state index in [1.807, 2.05) is 0 Å². The van der Waals surface area contributed by atoms with Gasteiger partial charge in [0.2, 0.25) is 0 Å². The molecular formula is C10H20O4. The Kier molecular flexibility index (Phi) is 5.72. The summed E-state index contributed by atoms with van der Waals surface area (Å²) in [5.74, 6) is -0.746. The summed E-state index contributed by atoms with van der Waals surface area (Å²) >= 11 is 0. The highest BCUT2D eigenvalue weighted by molar-refractivity contribution is 5.72. The molecule has 0 aromatic heterocycles. The zero-order valence-electron chi connectivity index (χ0n) is 9.12. The fourth-order valence-corrected chi connectivity index (χ4v) is 1.08. The molecule has 0 atom stereocenters. The third kappa shape index (κ3) is 5.94. The molecule has 0 amide bonds. The molecule has 2 N–H and O–H groups in total. The third-order valence-corrected chi connectivity index (χ3v) is 1.70. The van der Waals surface area contributed by atoms with Crippen LogP contribution in [0.15, 0.2) is 0 Å². The van der Waals surface area contributed by atoms with E-state index in [1.54, 1.807) is 20.8 Å². The van der Waals surface area contributed by atoms with Crippen LogP contribution in [-0.4, -0.2) is 35.0 Å². The van der Waals surface area contributed by atoms with Gasteiger partial charge in [0, 0.05) is 13.2 Å². The molecule has 0 heterocycles. The maximum Gasteiger partial charge on any atom is 0.309 e. The molecule has 0 fully saturated rings. The van der Waals surface area contributed by atoms with Gasteiger partial charge in [-0.3, -0.25) is 4.79 Å². The molecule has 0 saturated heterocycles. The summed E-state index contributed by atoms with van der Waals surface area (Å²) in [6.45, 7) is 5.24. The topological polar surface area (TPSA) is 66.8 Å². The highest BCUT2D eigenvalue weighted by Crippen LogP contribution is 2.15. The number of carbonyl (C=O) groups is 1. The monoisotopic (exact) mass is 204 g/mol. The summed E-state index contributed by atoms with van der Waals surface area (Å²) in [5.41, 5.74) is -0.514. The maximum absolute atomic E-state index is 11.5. The van der Waals surface area contributed by atoms with Crippen molar-refractivity contribution >= 4 is 5.97 Å². The van der Waals surface area contributed by atoms with Crippen molar-refractivity contribution in [3.05, 3.63) is 0 Å². The molecule has 0 aliphatic rings. The number of carbonyl (C=O) groups excluding carboxylic acids is 1. The number of rotatable bonds is 5. The van der Waals surface area contributed by atoms with Gasteiger partial charge in [-0.2, -0.15) is 0 Å². The smallest absolute Gasteiger partial charge is 0.309 e. The van der Waals surface area contributed by atoms with Crippen LogP contribution < -0.4 is 0 Å². The lowest BCUT2D eigenvalue weighted by Crippen LogP contribution is -2.29. The van der Waals surface area contributed by atoms with Gasteiger partial charge in [0.15, 0.2) is 0 Å². The lowest BCUT2D eigenvalue weighted by Gasteiger charge is -2.23. The van der Waals surface area contributed by atoms with Crippen molar-refractivity contribution in [3.8, 4) is 0 Å². The van der Waals surface area contributed by atoms with E-state index in [2.05, 4.69) is 0 Å². The van der Waals surface area contributed by atoms with Crippen molar-refractivity contribution in [3.63, 3.8) is 0 Å². The van der Waals surface area contributed by atoms with Crippen molar-refractivity contribution in [2.75, 3.05) is 13.2 Å². The molecule has 84 valence electrons. The molecule has 4 heteroatoms. The Morgan fingerprint density at radius 1 is 1.21 bits per heavy atom. The molecule has 0 aliphatic heterocycles. The van der Waals surface area contributed by atoms with Gasteiger partial charge in [0.1, 0.15) is 5.60 Å². The van der Waals surface area contributed by atoms with Gasteiger partial charge in [-0.05, 0) is 33.6 Å². The predicted molar refractivity (Wildman–Crippen MR) is 52.7 cm³/mol. The van der Waals surface area contributed by atoms with Gasteiger partial charge in [-0.15, -0.1) is 0 Å². The molecule has 0 aromatic carbocycles. The molecule has 0 bridgehead atoms. The quantitative estimate of drug-likeness (QED) is 0.647. The van der Waals surface area contributed by atoms with E-state index in [0.29, 0.717) is 12.8 Å². The highest BCUT2D eigenvalue weighted by atomic mass is 16.6. The largest absolute Gasteiger partial charge is 0.460 e. The van der Waals surface area contributed by atoms with Crippen molar-refractivity contribution in [1.29, 1.82) is 0 Å². The van der Waals surface area contributed by atoms with Crippen LogP contribution in [0.1, 0.15) is 33.6 Å². The van der Waals surface area contributed by atoms with Gasteiger partial charge in [0.25, 0.3) is 0 Å². The van der Waals surface area contributed by atoms with E-state index in [1.165, 1.54) is 0 Å². The van der Waals surface area contributed by atoms with Crippen molar-refractivity contribution in [1.82, 2.24) is 0 Å². The van der Waals surface area contributed by atoms with E-state index in [4.69, 9.17) is 14.9 Å². The standard InChI is InChI=1S/C10H20O4/c1-10(2,3)14-9(13)8(4-6-11)5-7-12/h8,11-12H,4-7H2,1-3H3. The minimum Gasteiger partial charge on any atom is -0.460 e. The Labute approximate surface area is 84.9 Å². The molecule has 0 aliphatic carbocycles. The van der Waals surface area contributed by atoms with Crippen LogP contribution >= 0.6 is 0 Å². The first-order valence-electron chi connectivity index (χ1n) is 4.85. The van der Waals surface area contributed by atoms with Crippen molar-refractivity contribution < 1.29 is 19.7 Å². The average Bonchev–Trinajstić information content (AvgIpc) is 2.01. The van der Waals surface area contributed by atoms with Crippen LogP contribution in [0.4, 0.5) is 0 Å². The Balaban J connectivity index is 4.14. The average molecular weight is 204 g/mol. The van der Waals surface area contributed by atoms with Gasteiger partial charge in [-0.1, -0.05) is 0 Å². The first-order chi connectivity index (χ1) is 6.40. The van der Waals surface area contributed by atoms with Crippen LogP contribution in [0.3, 0.4) is 0 Å². The molecule has 0 unspecified atom stereocenters. The molecule has 0 spiro atoms. The Morgan fingerprint density at radius 3 is 1.93 bits per heavy atom. The molecule has 0 saturated carbocycles. The van der Waals surface area contributed by atoms with Gasteiger partial charge >= 0.3 is 5.97 Å². The second kappa shape index (κ2) is 5.98. The van der Waals surface area contributed by atoms with E-state index in [0.717, 1.165) is 0 Å². The molecule has 0 aromatic rings. The Hall–Kier alpha value is -0.610. The summed E-state index contributed by atoms with van der Waals surface area (Å²) in [5, 5.41) is 17.4. The highest BCUT2D eigenvalue weighted by Gasteiger charge is 2.24. The number of hydrogen-bond acceptors (Lipinski definition) is 4. The molecule has 14 heavy (non-hydrogen) atoms. The molecule has 0 radical (unpaired) electrons. The fraction of sp³-hybridized carbons (Fsp3) is 0.900. The van der Waals surface area contributed by atoms with Gasteiger partial charge in [0.05, 0.1) is 5.92 Å². The molecule has 0 rings (SSSR count). The maximum atomic E-state index is 11.5. The normalized spacial score (nSPS) is 11.9. The van der Waals surface area contributed by atoms with Crippen LogP contribution in [0.2, 0.25) is 0 Å². The van der Waals surface area contributed by atoms with Crippen LogP contribution in [-0.2, 0) is 9.53 Å². The number of hydrogen-bond donors (Lipinski definition) is 2. The summed E-state index contributed by atoms with van der Waals surface area (Å²) in [7, 11) is 0. The lowest BCUT2D eigenvalue weighted by atomic mass is 10.0. The third-order valence-electron chi connectivity index (χ3n) is 1.70. The number of esters is 1. The number of aliphatic hydroxyl groups excluding tert-OH is 2. The van der Waals surface area contributed by atoms with E-state index in [9.17, 15) is 4.79 Å². The second-order valence-corrected chi connectivity index (χ2v) is 4.25. The SMILES string of the molecule is CC(C)(C)OC(=O)C(CCO)CCO. The lowest BCUT2D eigenvalue weighted by molar-refractivity contribution is -0.161. The van der Waals surface area contributed by atoms with Crippen molar-refractivity contribution in [2.45, 2.75) is 39.2 Å². The fourth-order valence-electron chi connectivity index (χ4n) is 1.08. The molecular weight excluding hydrogens is 184 g/mol. The zero-order chi connectivity index (χ0) is 11.2. The van der Waals surface area contributed by atoms with E-state index >= 15 is 0 Å². The summed E-state index contributed by atoms with van der Waals surface area (Å²) < 4.78 is 5.14. The zero-order valence-corrected chi connectivity index (χ0v) is 9.12. The first kappa shape index (κ1) is 13.4. The Morgan fingerprint density at radius 2 is 1.64 bits per heavy atom. The number of ether oxygens (including phenoxy) is 1. The predicted octanol–water partition coefficient (Wildman–Crippen LogP) is 0.709. The summed E-state index contributed by atoms with van der Waals surface area (Å²) in [6.07, 6.45) is 0.685. The minimum atomic E-state index is -0.514. The van der Waals surface area contributed by atoms with Crippen LogP contribution in [0.5, 0.6) is 0 Å². The Bertz CT molecular complexity index is 165.